The van der Waals surface area contributed by atoms with E-state index in [2.05, 4.69) is 42.6 Å². The van der Waals surface area contributed by atoms with Crippen LogP contribution in [0.25, 0.3) is 21.9 Å². The number of carbonyl (C=O) groups excluding carboxylic acids is 1. The van der Waals surface area contributed by atoms with Crippen molar-refractivity contribution in [3.8, 4) is 0 Å². The molecule has 2 aromatic heterocycles. The van der Waals surface area contributed by atoms with Crippen molar-refractivity contribution in [3.05, 3.63) is 65.1 Å². The van der Waals surface area contributed by atoms with Gasteiger partial charge in [-0.15, -0.1) is 0 Å². The molecule has 148 valence electrons. The summed E-state index contributed by atoms with van der Waals surface area (Å²) < 4.78 is 2.19. The predicted molar refractivity (Wildman–Crippen MR) is 116 cm³/mol. The van der Waals surface area contributed by atoms with E-state index in [9.17, 15) is 4.79 Å². The van der Waals surface area contributed by atoms with E-state index in [1.54, 1.807) is 0 Å². The van der Waals surface area contributed by atoms with Crippen LogP contribution in [-0.2, 0) is 7.05 Å². The van der Waals surface area contributed by atoms with Crippen LogP contribution in [0, 0.1) is 13.8 Å². The second-order valence-corrected chi connectivity index (χ2v) is 8.24. The zero-order chi connectivity index (χ0) is 20.1. The second-order valence-electron chi connectivity index (χ2n) is 8.24. The van der Waals surface area contributed by atoms with Gasteiger partial charge in [-0.2, -0.15) is 0 Å². The molecular formula is C24H26N4O. The van der Waals surface area contributed by atoms with E-state index in [4.69, 9.17) is 4.98 Å². The van der Waals surface area contributed by atoms with Crippen LogP contribution in [0.4, 0.5) is 0 Å². The summed E-state index contributed by atoms with van der Waals surface area (Å²) in [5.41, 5.74) is 6.40. The highest BCUT2D eigenvalue weighted by atomic mass is 16.2. The van der Waals surface area contributed by atoms with Gasteiger partial charge in [0.25, 0.3) is 5.91 Å². The first-order chi connectivity index (χ1) is 14.0. The first kappa shape index (κ1) is 18.0. The van der Waals surface area contributed by atoms with Crippen LogP contribution in [0.3, 0.4) is 0 Å². The van der Waals surface area contributed by atoms with Crippen molar-refractivity contribution in [2.45, 2.75) is 32.6 Å². The van der Waals surface area contributed by atoms with Crippen molar-refractivity contribution in [3.63, 3.8) is 0 Å². The van der Waals surface area contributed by atoms with Crippen molar-refractivity contribution in [1.82, 2.24) is 19.4 Å². The number of amides is 1. The molecule has 5 nitrogen and oxygen atoms in total. The second kappa shape index (κ2) is 6.76. The number of H-pyrrole nitrogens is 1. The van der Waals surface area contributed by atoms with E-state index in [-0.39, 0.29) is 11.8 Å². The number of carbonyl (C=O) groups is 1. The zero-order valence-corrected chi connectivity index (χ0v) is 17.2. The van der Waals surface area contributed by atoms with E-state index in [1.165, 1.54) is 5.56 Å². The monoisotopic (exact) mass is 386 g/mol. The molecular weight excluding hydrogens is 360 g/mol. The molecule has 1 aliphatic rings. The molecule has 1 N–H and O–H groups in total. The Bertz CT molecular complexity index is 1230. The van der Waals surface area contributed by atoms with Crippen molar-refractivity contribution in [2.75, 3.05) is 13.1 Å². The minimum absolute atomic E-state index is 0.119. The highest BCUT2D eigenvalue weighted by Gasteiger charge is 2.28. The molecule has 1 saturated heterocycles. The van der Waals surface area contributed by atoms with Crippen molar-refractivity contribution < 1.29 is 4.79 Å². The number of piperidine rings is 1. The average Bonchev–Trinajstić information content (AvgIpc) is 3.24. The molecule has 0 aliphatic carbocycles. The number of fused-ring (bicyclic) bond motifs is 2. The number of aromatic amines is 1. The first-order valence-corrected chi connectivity index (χ1v) is 10.3. The van der Waals surface area contributed by atoms with Gasteiger partial charge in [0.15, 0.2) is 0 Å². The van der Waals surface area contributed by atoms with E-state index < -0.39 is 0 Å². The van der Waals surface area contributed by atoms with Crippen molar-refractivity contribution in [1.29, 1.82) is 0 Å². The number of nitrogens with zero attached hydrogens (tertiary/aromatic N) is 3. The molecule has 1 atom stereocenters. The summed E-state index contributed by atoms with van der Waals surface area (Å²) in [7, 11) is 2.08. The van der Waals surface area contributed by atoms with Gasteiger partial charge in [0.2, 0.25) is 0 Å². The molecule has 5 rings (SSSR count). The minimum Gasteiger partial charge on any atom is -0.358 e. The lowest BCUT2D eigenvalue weighted by atomic mass is 9.96. The molecule has 5 heteroatoms. The van der Waals surface area contributed by atoms with E-state index in [1.807, 2.05) is 35.2 Å². The highest BCUT2D eigenvalue weighted by Crippen LogP contribution is 2.30. The maximum absolute atomic E-state index is 13.3. The van der Waals surface area contributed by atoms with Crippen molar-refractivity contribution >= 4 is 27.8 Å². The Morgan fingerprint density at radius 1 is 1.17 bits per heavy atom. The number of aromatic nitrogens is 3. The zero-order valence-electron chi connectivity index (χ0n) is 17.2. The van der Waals surface area contributed by atoms with Gasteiger partial charge in [-0.05, 0) is 62.6 Å². The van der Waals surface area contributed by atoms with Gasteiger partial charge in [-0.3, -0.25) is 4.79 Å². The van der Waals surface area contributed by atoms with Crippen LogP contribution < -0.4 is 0 Å². The molecule has 3 heterocycles. The van der Waals surface area contributed by atoms with Crippen LogP contribution in [0.15, 0.2) is 42.5 Å². The maximum atomic E-state index is 13.3. The molecule has 0 saturated carbocycles. The van der Waals surface area contributed by atoms with Gasteiger partial charge in [0, 0.05) is 48.2 Å². The Kier molecular flexibility index (Phi) is 4.19. The predicted octanol–water partition coefficient (Wildman–Crippen LogP) is 4.69. The van der Waals surface area contributed by atoms with E-state index in [0.29, 0.717) is 0 Å². The number of para-hydroxylation sites is 2. The summed E-state index contributed by atoms with van der Waals surface area (Å²) in [5, 5.41) is 1.14. The fourth-order valence-corrected chi connectivity index (χ4v) is 4.68. The lowest BCUT2D eigenvalue weighted by Gasteiger charge is -2.32. The summed E-state index contributed by atoms with van der Waals surface area (Å²) in [5.74, 6) is 1.47. The van der Waals surface area contributed by atoms with Gasteiger partial charge >= 0.3 is 0 Å². The Hall–Kier alpha value is -3.08. The Labute approximate surface area is 170 Å². The van der Waals surface area contributed by atoms with Crippen molar-refractivity contribution in [2.24, 2.45) is 7.05 Å². The van der Waals surface area contributed by atoms with Gasteiger partial charge < -0.3 is 14.5 Å². The highest BCUT2D eigenvalue weighted by molar-refractivity contribution is 5.99. The minimum atomic E-state index is 0.119. The third-order valence-electron chi connectivity index (χ3n) is 6.45. The number of likely N-dealkylation sites (tertiary alicyclic amines) is 1. The van der Waals surface area contributed by atoms with Crippen LogP contribution in [-0.4, -0.2) is 38.4 Å². The molecule has 4 aromatic rings. The van der Waals surface area contributed by atoms with E-state index >= 15 is 0 Å². The van der Waals surface area contributed by atoms with Crippen LogP contribution in [0.1, 0.15) is 46.2 Å². The average molecular weight is 386 g/mol. The van der Waals surface area contributed by atoms with Gasteiger partial charge in [-0.25, -0.2) is 4.98 Å². The normalized spacial score (nSPS) is 17.3. The summed E-state index contributed by atoms with van der Waals surface area (Å²) in [6.07, 6.45) is 2.07. The number of nitrogens with one attached hydrogen (secondary N) is 1. The quantitative estimate of drug-likeness (QED) is 0.543. The topological polar surface area (TPSA) is 53.9 Å². The standard InChI is InChI=1S/C24H26N4O/c1-15-16(2)25-20-11-10-17(13-19(15)20)24(29)28-12-6-7-18(14-28)23-26-21-8-4-5-9-22(21)27(23)3/h4-5,8-11,13,18,25H,6-7,12,14H2,1-3H3. The summed E-state index contributed by atoms with van der Waals surface area (Å²) in [6, 6.07) is 14.2. The lowest BCUT2D eigenvalue weighted by Crippen LogP contribution is -2.39. The third kappa shape index (κ3) is 2.92. The van der Waals surface area contributed by atoms with Crippen LogP contribution in [0.2, 0.25) is 0 Å². The smallest absolute Gasteiger partial charge is 0.253 e. The Morgan fingerprint density at radius 3 is 2.83 bits per heavy atom. The SMILES string of the molecule is Cc1[nH]c2ccc(C(=O)N3CCCC(c4nc5ccccc5n4C)C3)cc2c1C. The fourth-order valence-electron chi connectivity index (χ4n) is 4.68. The molecule has 1 aliphatic heterocycles. The van der Waals surface area contributed by atoms with E-state index in [0.717, 1.165) is 64.9 Å². The molecule has 1 unspecified atom stereocenters. The Balaban J connectivity index is 1.43. The van der Waals surface area contributed by atoms with Gasteiger partial charge in [0.05, 0.1) is 11.0 Å². The number of imidazole rings is 1. The largest absolute Gasteiger partial charge is 0.358 e. The lowest BCUT2D eigenvalue weighted by molar-refractivity contribution is 0.0704. The van der Waals surface area contributed by atoms with Gasteiger partial charge in [0.1, 0.15) is 5.82 Å². The molecule has 0 radical (unpaired) electrons. The fraction of sp³-hybridized carbons (Fsp3) is 0.333. The molecule has 0 spiro atoms. The number of rotatable bonds is 2. The number of benzene rings is 2. The summed E-state index contributed by atoms with van der Waals surface area (Å²) in [4.78, 5) is 23.6. The molecule has 29 heavy (non-hydrogen) atoms. The number of aryl methyl sites for hydroxylation is 3. The number of hydrogen-bond acceptors (Lipinski definition) is 2. The Morgan fingerprint density at radius 2 is 2.00 bits per heavy atom. The summed E-state index contributed by atoms with van der Waals surface area (Å²) in [6.45, 7) is 5.70. The first-order valence-electron chi connectivity index (χ1n) is 10.3. The molecule has 1 fully saturated rings. The van der Waals surface area contributed by atoms with Gasteiger partial charge in [-0.1, -0.05) is 12.1 Å². The molecule has 2 aromatic carbocycles. The van der Waals surface area contributed by atoms with Crippen LogP contribution >= 0.6 is 0 Å². The molecule has 0 bridgehead atoms. The number of hydrogen-bond donors (Lipinski definition) is 1. The molecule has 1 amide bonds. The van der Waals surface area contributed by atoms with Crippen LogP contribution in [0.5, 0.6) is 0 Å². The summed E-state index contributed by atoms with van der Waals surface area (Å²) >= 11 is 0. The maximum Gasteiger partial charge on any atom is 0.253 e. The third-order valence-corrected chi connectivity index (χ3v) is 6.45.